The van der Waals surface area contributed by atoms with E-state index in [2.05, 4.69) is 4.72 Å². The number of hydrogen-bond acceptors (Lipinski definition) is 6. The van der Waals surface area contributed by atoms with Crippen molar-refractivity contribution in [1.82, 2.24) is 0 Å². The molecule has 10 heteroatoms. The molecule has 0 aliphatic heterocycles. The van der Waals surface area contributed by atoms with Crippen LogP contribution in [0.4, 0.5) is 5.69 Å². The van der Waals surface area contributed by atoms with Crippen molar-refractivity contribution in [2.75, 3.05) is 4.72 Å². The van der Waals surface area contributed by atoms with Crippen LogP contribution in [0.15, 0.2) is 35.2 Å². The first kappa shape index (κ1) is 22.4. The second-order valence-corrected chi connectivity index (χ2v) is 10.1. The maximum atomic E-state index is 13.3. The Bertz CT molecular complexity index is 1220. The predicted octanol–water partition coefficient (Wildman–Crippen LogP) is 3.88. The number of carboxylic acid groups (broad SMARTS) is 1. The van der Waals surface area contributed by atoms with Crippen molar-refractivity contribution >= 4 is 33.3 Å². The molecule has 0 unspecified atom stereocenters. The van der Waals surface area contributed by atoms with E-state index >= 15 is 0 Å². The van der Waals surface area contributed by atoms with Crippen LogP contribution >= 0.6 is 11.6 Å². The van der Waals surface area contributed by atoms with Gasteiger partial charge < -0.3 is 14.9 Å². The van der Waals surface area contributed by atoms with Gasteiger partial charge in [-0.2, -0.15) is 5.26 Å². The fraction of sp³-hybridized carbons (Fsp3) is 0.364. The van der Waals surface area contributed by atoms with Gasteiger partial charge in [0, 0.05) is 12.5 Å². The molecule has 0 saturated heterocycles. The Labute approximate surface area is 190 Å². The largest absolute Gasteiger partial charge is 0.488 e. The van der Waals surface area contributed by atoms with Gasteiger partial charge in [-0.05, 0) is 55.4 Å². The minimum atomic E-state index is -4.20. The minimum Gasteiger partial charge on any atom is -0.488 e. The van der Waals surface area contributed by atoms with Gasteiger partial charge in [0.25, 0.3) is 10.0 Å². The number of carbonyl (C=O) groups is 1. The smallest absolute Gasteiger partial charge is 0.335 e. The Morgan fingerprint density at radius 1 is 1.19 bits per heavy atom. The lowest BCUT2D eigenvalue weighted by molar-refractivity contribution is 0.0696. The molecule has 2 aliphatic carbocycles. The van der Waals surface area contributed by atoms with Crippen LogP contribution in [-0.2, 0) is 10.0 Å². The Balaban J connectivity index is 1.73. The monoisotopic (exact) mass is 476 g/mol. The summed E-state index contributed by atoms with van der Waals surface area (Å²) in [6.07, 6.45) is 2.40. The van der Waals surface area contributed by atoms with Crippen LogP contribution < -0.4 is 9.46 Å². The molecular formula is C22H21ClN2O6S. The summed E-state index contributed by atoms with van der Waals surface area (Å²) in [6, 6.07) is 8.65. The normalized spacial score (nSPS) is 20.5. The third kappa shape index (κ3) is 4.67. The number of aliphatic hydroxyl groups excluding tert-OH is 1. The molecule has 0 radical (unpaired) electrons. The first-order valence-electron chi connectivity index (χ1n) is 10.2. The van der Waals surface area contributed by atoms with Gasteiger partial charge >= 0.3 is 5.97 Å². The van der Waals surface area contributed by atoms with Gasteiger partial charge in [-0.15, -0.1) is 0 Å². The van der Waals surface area contributed by atoms with E-state index in [1.165, 1.54) is 24.3 Å². The van der Waals surface area contributed by atoms with Crippen LogP contribution in [0, 0.1) is 11.3 Å². The van der Waals surface area contributed by atoms with Gasteiger partial charge in [-0.1, -0.05) is 17.7 Å². The number of benzene rings is 2. The van der Waals surface area contributed by atoms with Crippen LogP contribution in [0.1, 0.15) is 59.5 Å². The molecule has 2 saturated carbocycles. The van der Waals surface area contributed by atoms with Gasteiger partial charge in [0.2, 0.25) is 0 Å². The average molecular weight is 477 g/mol. The van der Waals surface area contributed by atoms with E-state index in [4.69, 9.17) is 16.3 Å². The van der Waals surface area contributed by atoms with Crippen molar-refractivity contribution in [2.24, 2.45) is 0 Å². The lowest BCUT2D eigenvalue weighted by Crippen LogP contribution is -2.19. The number of hydrogen-bond donors (Lipinski definition) is 3. The molecule has 2 aliphatic rings. The molecule has 0 amide bonds. The highest BCUT2D eigenvalue weighted by atomic mass is 35.5. The lowest BCUT2D eigenvalue weighted by Gasteiger charge is -2.19. The molecule has 0 aromatic heterocycles. The molecule has 3 N–H and O–H groups in total. The number of sulfonamides is 1. The molecule has 0 spiro atoms. The summed E-state index contributed by atoms with van der Waals surface area (Å²) >= 11 is 6.14. The van der Waals surface area contributed by atoms with Gasteiger partial charge in [-0.25, -0.2) is 13.2 Å². The lowest BCUT2D eigenvalue weighted by atomic mass is 10.1. The van der Waals surface area contributed by atoms with E-state index in [-0.39, 0.29) is 44.5 Å². The molecule has 8 nitrogen and oxygen atoms in total. The minimum absolute atomic E-state index is 0.0230. The topological polar surface area (TPSA) is 137 Å². The average Bonchev–Trinajstić information content (AvgIpc) is 3.51. The summed E-state index contributed by atoms with van der Waals surface area (Å²) in [7, 11) is -4.20. The zero-order valence-corrected chi connectivity index (χ0v) is 18.5. The molecule has 0 heterocycles. The van der Waals surface area contributed by atoms with E-state index in [1.807, 2.05) is 6.07 Å². The molecule has 2 atom stereocenters. The highest BCUT2D eigenvalue weighted by Gasteiger charge is 2.32. The highest BCUT2D eigenvalue weighted by molar-refractivity contribution is 7.92. The summed E-state index contributed by atoms with van der Waals surface area (Å²) in [5.74, 6) is -1.04. The van der Waals surface area contributed by atoms with E-state index in [9.17, 15) is 28.7 Å². The Hall–Kier alpha value is -2.80. The first-order chi connectivity index (χ1) is 15.2. The summed E-state index contributed by atoms with van der Waals surface area (Å²) in [5.41, 5.74) is 0.498. The van der Waals surface area contributed by atoms with Gasteiger partial charge in [-0.3, -0.25) is 4.72 Å². The number of aliphatic hydroxyl groups is 1. The third-order valence-corrected chi connectivity index (χ3v) is 7.39. The molecule has 0 bridgehead atoms. The van der Waals surface area contributed by atoms with Crippen molar-refractivity contribution in [3.8, 4) is 11.8 Å². The fourth-order valence-corrected chi connectivity index (χ4v) is 5.44. The highest BCUT2D eigenvalue weighted by Crippen LogP contribution is 2.44. The van der Waals surface area contributed by atoms with Crippen molar-refractivity contribution < 1.29 is 28.2 Å². The number of anilines is 1. The summed E-state index contributed by atoms with van der Waals surface area (Å²) in [6.45, 7) is 0. The molecule has 32 heavy (non-hydrogen) atoms. The van der Waals surface area contributed by atoms with Crippen molar-refractivity contribution in [3.05, 3.63) is 52.0 Å². The number of nitrogens with one attached hydrogen (secondary N) is 1. The summed E-state index contributed by atoms with van der Waals surface area (Å²) in [5, 5.41) is 28.5. The third-order valence-electron chi connectivity index (χ3n) is 5.65. The van der Waals surface area contributed by atoms with Crippen LogP contribution in [0.3, 0.4) is 0 Å². The summed E-state index contributed by atoms with van der Waals surface area (Å²) in [4.78, 5) is 11.3. The number of nitriles is 1. The van der Waals surface area contributed by atoms with E-state index in [1.54, 1.807) is 0 Å². The second kappa shape index (κ2) is 8.62. The number of halogens is 1. The van der Waals surface area contributed by atoms with Crippen LogP contribution in [0.5, 0.6) is 5.75 Å². The van der Waals surface area contributed by atoms with Gasteiger partial charge in [0.15, 0.2) is 0 Å². The number of ether oxygens (including phenoxy) is 1. The van der Waals surface area contributed by atoms with Crippen LogP contribution in [0.25, 0.3) is 0 Å². The second-order valence-electron chi connectivity index (χ2n) is 8.08. The van der Waals surface area contributed by atoms with Crippen LogP contribution in [0.2, 0.25) is 5.02 Å². The number of aromatic carboxylic acids is 1. The molecule has 2 fully saturated rings. The van der Waals surface area contributed by atoms with E-state index in [0.29, 0.717) is 24.8 Å². The zero-order chi connectivity index (χ0) is 23.0. The maximum Gasteiger partial charge on any atom is 0.335 e. The molecule has 2 aromatic rings. The number of rotatable bonds is 7. The molecular weight excluding hydrogens is 456 g/mol. The van der Waals surface area contributed by atoms with E-state index in [0.717, 1.165) is 18.9 Å². The summed E-state index contributed by atoms with van der Waals surface area (Å²) < 4.78 is 35.1. The van der Waals surface area contributed by atoms with Crippen molar-refractivity contribution in [2.45, 2.75) is 55.1 Å². The quantitative estimate of drug-likeness (QED) is 0.551. The van der Waals surface area contributed by atoms with E-state index < -0.39 is 22.1 Å². The molecule has 2 aromatic carbocycles. The maximum absolute atomic E-state index is 13.3. The number of carboxylic acids is 1. The standard InChI is InChI=1S/C22H21ClN2O6S/c23-18-10-20(31-16-5-4-15(26)9-16)19(7-14(18)11-24)25-32(29,30)21-8-13(22(27)28)3-6-17(21)12-1-2-12/h3,6-8,10,12,15-16,25-26H,1-2,4-5,9H2,(H,27,28)/t15-,16-/m0/s1. The molecule has 168 valence electrons. The Morgan fingerprint density at radius 3 is 2.53 bits per heavy atom. The SMILES string of the molecule is N#Cc1cc(NS(=O)(=O)c2cc(C(=O)O)ccc2C2CC2)c(O[C@H]2CC[C@H](O)C2)cc1Cl. The van der Waals surface area contributed by atoms with Crippen LogP contribution in [-0.4, -0.2) is 36.8 Å². The van der Waals surface area contributed by atoms with Gasteiger partial charge in [0.05, 0.1) is 32.8 Å². The molecule has 4 rings (SSSR count). The predicted molar refractivity (Wildman–Crippen MR) is 117 cm³/mol. The Morgan fingerprint density at radius 2 is 1.94 bits per heavy atom. The van der Waals surface area contributed by atoms with Gasteiger partial charge in [0.1, 0.15) is 17.9 Å². The van der Waals surface area contributed by atoms with Crippen molar-refractivity contribution in [1.29, 1.82) is 5.26 Å². The van der Waals surface area contributed by atoms with Crippen molar-refractivity contribution in [3.63, 3.8) is 0 Å². The number of nitrogens with zero attached hydrogens (tertiary/aromatic N) is 1. The first-order valence-corrected chi connectivity index (χ1v) is 12.0. The zero-order valence-electron chi connectivity index (χ0n) is 16.9. The fourth-order valence-electron chi connectivity index (χ4n) is 3.85. The Kier molecular flexibility index (Phi) is 6.03.